The van der Waals surface area contributed by atoms with Crippen molar-refractivity contribution in [3.63, 3.8) is 0 Å². The van der Waals surface area contributed by atoms with Gasteiger partial charge >= 0.3 is 0 Å². The molecule has 0 saturated carbocycles. The highest BCUT2D eigenvalue weighted by Crippen LogP contribution is 2.26. The molecule has 3 rings (SSSR count). The number of methoxy groups -OCH3 is 1. The monoisotopic (exact) mass is 456 g/mol. The fourth-order valence-electron chi connectivity index (χ4n) is 3.35. The van der Waals surface area contributed by atoms with Crippen molar-refractivity contribution in [2.75, 3.05) is 24.3 Å². The van der Waals surface area contributed by atoms with Gasteiger partial charge in [0.1, 0.15) is 11.5 Å². The van der Waals surface area contributed by atoms with Crippen LogP contribution in [0, 0.1) is 5.92 Å². The maximum Gasteiger partial charge on any atom is 0.226 e. The van der Waals surface area contributed by atoms with Crippen LogP contribution < -0.4 is 15.4 Å². The minimum atomic E-state index is -0.815. The molecule has 0 aliphatic heterocycles. The van der Waals surface area contributed by atoms with Crippen LogP contribution in [0.15, 0.2) is 24.5 Å². The number of anilines is 2. The molecule has 1 unspecified atom stereocenters. The Morgan fingerprint density at radius 1 is 1.18 bits per heavy atom. The summed E-state index contributed by atoms with van der Waals surface area (Å²) >= 11 is 0. The number of phenolic OH excluding ortho intramolecular Hbond substituents is 1. The van der Waals surface area contributed by atoms with Gasteiger partial charge in [0.05, 0.1) is 19.0 Å². The highest BCUT2D eigenvalue weighted by molar-refractivity contribution is 5.84. The number of fused-ring (bicyclic) bond motifs is 1. The number of aromatic nitrogens is 4. The fourth-order valence-corrected chi connectivity index (χ4v) is 3.35. The predicted octanol–water partition coefficient (Wildman–Crippen LogP) is 4.16. The van der Waals surface area contributed by atoms with Gasteiger partial charge in [0.25, 0.3) is 0 Å². The van der Waals surface area contributed by atoms with Crippen LogP contribution in [0.5, 0.6) is 11.5 Å². The number of imidazole rings is 1. The smallest absolute Gasteiger partial charge is 0.226 e. The summed E-state index contributed by atoms with van der Waals surface area (Å²) in [6, 6.07) is 5.11. The topological polar surface area (TPSA) is 117 Å². The standard InChI is InChI=1S/C24H36N6O3/c1-6-7-8-11-30-15-27-20-21(25-14-17-12-18(33-5)9-10-19(17)31)28-23(29-22(20)30)26-13-16(2)24(3,4)32/h9-10,12,15-16,31-32H,6-8,11,13-14H2,1-5H3,(H2,25,26,28,29). The summed E-state index contributed by atoms with van der Waals surface area (Å²) in [5.41, 5.74) is 1.30. The lowest BCUT2D eigenvalue weighted by Crippen LogP contribution is -2.33. The summed E-state index contributed by atoms with van der Waals surface area (Å²) in [6.07, 6.45) is 5.12. The first-order valence-electron chi connectivity index (χ1n) is 11.5. The number of nitrogens with one attached hydrogen (secondary N) is 2. The molecule has 0 aliphatic carbocycles. The Labute approximate surface area is 195 Å². The maximum absolute atomic E-state index is 10.3. The number of aliphatic hydroxyl groups is 1. The summed E-state index contributed by atoms with van der Waals surface area (Å²) < 4.78 is 7.32. The Morgan fingerprint density at radius 3 is 2.67 bits per heavy atom. The molecule has 0 bridgehead atoms. The van der Waals surface area contributed by atoms with Crippen LogP contribution in [0.3, 0.4) is 0 Å². The van der Waals surface area contributed by atoms with Gasteiger partial charge in [-0.15, -0.1) is 0 Å². The van der Waals surface area contributed by atoms with E-state index in [0.29, 0.717) is 41.7 Å². The SMILES string of the molecule is CCCCCn1cnc2c(NCc3cc(OC)ccc3O)nc(NCC(C)C(C)(C)O)nc21. The highest BCUT2D eigenvalue weighted by atomic mass is 16.5. The molecular weight excluding hydrogens is 420 g/mol. The van der Waals surface area contributed by atoms with Gasteiger partial charge in [-0.1, -0.05) is 26.7 Å². The molecule has 0 spiro atoms. The second-order valence-electron chi connectivity index (χ2n) is 9.00. The number of unbranched alkanes of at least 4 members (excludes halogenated alkanes) is 2. The Hall–Kier alpha value is -3.07. The normalized spacial score (nSPS) is 12.7. The lowest BCUT2D eigenvalue weighted by atomic mass is 9.93. The van der Waals surface area contributed by atoms with E-state index in [0.717, 1.165) is 31.5 Å². The first-order valence-corrected chi connectivity index (χ1v) is 11.5. The quantitative estimate of drug-likeness (QED) is 0.300. The number of aromatic hydroxyl groups is 1. The Morgan fingerprint density at radius 2 is 1.97 bits per heavy atom. The molecule has 180 valence electrons. The molecule has 0 amide bonds. The number of aryl methyl sites for hydroxylation is 1. The number of hydrogen-bond donors (Lipinski definition) is 4. The molecule has 1 aromatic carbocycles. The van der Waals surface area contributed by atoms with Gasteiger partial charge in [0.2, 0.25) is 5.95 Å². The number of phenols is 1. The van der Waals surface area contributed by atoms with Gasteiger partial charge in [-0.05, 0) is 38.5 Å². The van der Waals surface area contributed by atoms with E-state index in [9.17, 15) is 10.2 Å². The lowest BCUT2D eigenvalue weighted by Gasteiger charge is -2.26. The Balaban J connectivity index is 1.89. The number of nitrogens with zero attached hydrogens (tertiary/aromatic N) is 4. The molecule has 9 heteroatoms. The molecule has 9 nitrogen and oxygen atoms in total. The van der Waals surface area contributed by atoms with Crippen LogP contribution in [0.1, 0.15) is 52.5 Å². The van der Waals surface area contributed by atoms with E-state index in [1.54, 1.807) is 45.5 Å². The summed E-state index contributed by atoms with van der Waals surface area (Å²) in [7, 11) is 1.59. The van der Waals surface area contributed by atoms with Crippen LogP contribution in [-0.4, -0.2) is 49.0 Å². The molecule has 1 atom stereocenters. The Bertz CT molecular complexity index is 1060. The molecule has 2 heterocycles. The minimum absolute atomic E-state index is 0.00333. The minimum Gasteiger partial charge on any atom is -0.508 e. The van der Waals surface area contributed by atoms with Gasteiger partial charge in [0.15, 0.2) is 17.0 Å². The molecule has 33 heavy (non-hydrogen) atoms. The van der Waals surface area contributed by atoms with Crippen molar-refractivity contribution in [3.8, 4) is 11.5 Å². The number of ether oxygens (including phenoxy) is 1. The predicted molar refractivity (Wildman–Crippen MR) is 131 cm³/mol. The number of hydrogen-bond acceptors (Lipinski definition) is 8. The third-order valence-electron chi connectivity index (χ3n) is 5.97. The van der Waals surface area contributed by atoms with E-state index in [-0.39, 0.29) is 11.7 Å². The third kappa shape index (κ3) is 6.25. The van der Waals surface area contributed by atoms with Crippen molar-refractivity contribution in [2.24, 2.45) is 5.92 Å². The van der Waals surface area contributed by atoms with Crippen LogP contribution in [0.4, 0.5) is 11.8 Å². The molecule has 0 radical (unpaired) electrons. The second kappa shape index (κ2) is 10.7. The molecular formula is C24H36N6O3. The van der Waals surface area contributed by atoms with E-state index in [2.05, 4.69) is 27.5 Å². The van der Waals surface area contributed by atoms with Gasteiger partial charge in [-0.3, -0.25) is 0 Å². The van der Waals surface area contributed by atoms with Gasteiger partial charge in [-0.2, -0.15) is 9.97 Å². The van der Waals surface area contributed by atoms with Crippen molar-refractivity contribution in [2.45, 2.75) is 65.6 Å². The molecule has 2 aromatic heterocycles. The fraction of sp³-hybridized carbons (Fsp3) is 0.542. The third-order valence-corrected chi connectivity index (χ3v) is 5.97. The van der Waals surface area contributed by atoms with E-state index >= 15 is 0 Å². The lowest BCUT2D eigenvalue weighted by molar-refractivity contribution is 0.0303. The molecule has 0 aliphatic rings. The van der Waals surface area contributed by atoms with E-state index < -0.39 is 5.60 Å². The van der Waals surface area contributed by atoms with E-state index in [4.69, 9.17) is 9.72 Å². The summed E-state index contributed by atoms with van der Waals surface area (Å²) in [4.78, 5) is 13.9. The Kier molecular flexibility index (Phi) is 7.97. The van der Waals surface area contributed by atoms with E-state index in [1.165, 1.54) is 0 Å². The summed E-state index contributed by atoms with van der Waals surface area (Å²) in [6.45, 7) is 9.43. The molecule has 0 fully saturated rings. The van der Waals surface area contributed by atoms with Crippen LogP contribution >= 0.6 is 0 Å². The van der Waals surface area contributed by atoms with Crippen molar-refractivity contribution in [3.05, 3.63) is 30.1 Å². The van der Waals surface area contributed by atoms with Crippen molar-refractivity contribution in [1.82, 2.24) is 19.5 Å². The molecule has 0 saturated heterocycles. The van der Waals surface area contributed by atoms with Gasteiger partial charge < -0.3 is 30.2 Å². The number of benzene rings is 1. The average Bonchev–Trinajstić information content (AvgIpc) is 3.19. The van der Waals surface area contributed by atoms with Gasteiger partial charge in [-0.25, -0.2) is 4.98 Å². The van der Waals surface area contributed by atoms with Crippen LogP contribution in [0.25, 0.3) is 11.2 Å². The first kappa shape index (κ1) is 24.6. The first-order chi connectivity index (χ1) is 15.7. The van der Waals surface area contributed by atoms with Crippen molar-refractivity contribution >= 4 is 22.9 Å². The number of rotatable bonds is 12. The largest absolute Gasteiger partial charge is 0.508 e. The van der Waals surface area contributed by atoms with Crippen LogP contribution in [-0.2, 0) is 13.1 Å². The summed E-state index contributed by atoms with van der Waals surface area (Å²) in [5, 5.41) is 27.1. The zero-order chi connectivity index (χ0) is 24.0. The molecule has 3 aromatic rings. The molecule has 4 N–H and O–H groups in total. The van der Waals surface area contributed by atoms with Crippen molar-refractivity contribution in [1.29, 1.82) is 0 Å². The van der Waals surface area contributed by atoms with Crippen LogP contribution in [0.2, 0.25) is 0 Å². The average molecular weight is 457 g/mol. The zero-order valence-electron chi connectivity index (χ0n) is 20.2. The highest BCUT2D eigenvalue weighted by Gasteiger charge is 2.22. The van der Waals surface area contributed by atoms with Gasteiger partial charge in [0, 0.05) is 31.1 Å². The van der Waals surface area contributed by atoms with E-state index in [1.807, 2.05) is 11.5 Å². The zero-order valence-corrected chi connectivity index (χ0v) is 20.2. The second-order valence-corrected chi connectivity index (χ2v) is 9.00. The summed E-state index contributed by atoms with van der Waals surface area (Å²) in [5.74, 6) is 1.89. The van der Waals surface area contributed by atoms with Crippen molar-refractivity contribution < 1.29 is 14.9 Å². The maximum atomic E-state index is 10.3.